The summed E-state index contributed by atoms with van der Waals surface area (Å²) in [5.74, 6) is 0.0108. The first-order chi connectivity index (χ1) is 10.1. The van der Waals surface area contributed by atoms with Gasteiger partial charge < -0.3 is 10.6 Å². The van der Waals surface area contributed by atoms with Crippen molar-refractivity contribution in [2.45, 2.75) is 13.0 Å². The lowest BCUT2D eigenvalue weighted by Gasteiger charge is -2.09. The number of nitrogens with one attached hydrogen (secondary N) is 2. The third-order valence-electron chi connectivity index (χ3n) is 3.09. The van der Waals surface area contributed by atoms with Crippen LogP contribution in [-0.2, 0) is 17.8 Å². The Balaban J connectivity index is 1.97. The first kappa shape index (κ1) is 15.9. The number of likely N-dealkylation sites (N-methyl/N-ethyl adjacent to an activating group) is 1. The molecule has 0 saturated carbocycles. The summed E-state index contributed by atoms with van der Waals surface area (Å²) < 4.78 is 1.00. The third kappa shape index (κ3) is 4.76. The summed E-state index contributed by atoms with van der Waals surface area (Å²) in [5.41, 5.74) is 3.01. The number of hydrogen-bond donors (Lipinski definition) is 2. The summed E-state index contributed by atoms with van der Waals surface area (Å²) in [6.07, 6.45) is 0.397. The van der Waals surface area contributed by atoms with E-state index in [2.05, 4.69) is 26.6 Å². The lowest BCUT2D eigenvalue weighted by Crippen LogP contribution is -2.19. The molecule has 0 aliphatic rings. The molecule has 1 amide bonds. The van der Waals surface area contributed by atoms with Gasteiger partial charge >= 0.3 is 0 Å². The monoisotopic (exact) mass is 366 g/mol. The van der Waals surface area contributed by atoms with E-state index in [4.69, 9.17) is 11.6 Å². The summed E-state index contributed by atoms with van der Waals surface area (Å²) in [6, 6.07) is 13.6. The molecule has 0 aliphatic heterocycles. The van der Waals surface area contributed by atoms with Crippen molar-refractivity contribution in [2.75, 3.05) is 12.4 Å². The van der Waals surface area contributed by atoms with Crippen LogP contribution >= 0.6 is 27.5 Å². The quantitative estimate of drug-likeness (QED) is 0.838. The van der Waals surface area contributed by atoms with Gasteiger partial charge in [0.05, 0.1) is 6.42 Å². The van der Waals surface area contributed by atoms with E-state index in [0.29, 0.717) is 13.0 Å². The van der Waals surface area contributed by atoms with Crippen molar-refractivity contribution >= 4 is 39.1 Å². The second kappa shape index (κ2) is 7.48. The van der Waals surface area contributed by atoms with Crippen molar-refractivity contribution < 1.29 is 4.79 Å². The predicted molar refractivity (Wildman–Crippen MR) is 90.7 cm³/mol. The minimum atomic E-state index is 0.0108. The zero-order chi connectivity index (χ0) is 15.2. The van der Waals surface area contributed by atoms with Crippen molar-refractivity contribution in [3.8, 4) is 0 Å². The number of carbonyl (C=O) groups excluding carboxylic acids is 1. The highest BCUT2D eigenvalue weighted by Gasteiger charge is 2.03. The molecule has 2 N–H and O–H groups in total. The highest BCUT2D eigenvalue weighted by Crippen LogP contribution is 2.22. The molecule has 3 nitrogen and oxygen atoms in total. The minimum Gasteiger partial charge on any atom is -0.381 e. The lowest BCUT2D eigenvalue weighted by molar-refractivity contribution is -0.119. The van der Waals surface area contributed by atoms with E-state index in [-0.39, 0.29) is 5.91 Å². The van der Waals surface area contributed by atoms with Crippen LogP contribution in [0, 0.1) is 0 Å². The van der Waals surface area contributed by atoms with Gasteiger partial charge in [0.25, 0.3) is 0 Å². The second-order valence-corrected chi connectivity index (χ2v) is 5.96. The lowest BCUT2D eigenvalue weighted by atomic mass is 10.1. The smallest absolute Gasteiger partial charge is 0.224 e. The van der Waals surface area contributed by atoms with Crippen LogP contribution in [0.15, 0.2) is 46.9 Å². The molecule has 0 atom stereocenters. The minimum absolute atomic E-state index is 0.0108. The highest BCUT2D eigenvalue weighted by molar-refractivity contribution is 9.10. The Labute approximate surface area is 137 Å². The normalized spacial score (nSPS) is 10.2. The molecule has 2 aromatic rings. The predicted octanol–water partition coefficient (Wildman–Crippen LogP) is 4.00. The van der Waals surface area contributed by atoms with Crippen molar-refractivity contribution in [3.05, 3.63) is 63.1 Å². The molecule has 0 spiro atoms. The van der Waals surface area contributed by atoms with E-state index in [1.165, 1.54) is 0 Å². The fraction of sp³-hybridized carbons (Fsp3) is 0.188. The van der Waals surface area contributed by atoms with Crippen LogP contribution in [0.5, 0.6) is 0 Å². The molecule has 2 rings (SSSR count). The topological polar surface area (TPSA) is 41.1 Å². The Kier molecular flexibility index (Phi) is 5.65. The third-order valence-corrected chi connectivity index (χ3v) is 3.95. The van der Waals surface area contributed by atoms with Crippen LogP contribution in [0.2, 0.25) is 5.02 Å². The first-order valence-electron chi connectivity index (χ1n) is 6.56. The van der Waals surface area contributed by atoms with Gasteiger partial charge in [-0.2, -0.15) is 0 Å². The maximum Gasteiger partial charge on any atom is 0.224 e. The molecule has 21 heavy (non-hydrogen) atoms. The molecule has 110 valence electrons. The van der Waals surface area contributed by atoms with Crippen molar-refractivity contribution in [2.24, 2.45) is 0 Å². The molecule has 0 bridgehead atoms. The largest absolute Gasteiger partial charge is 0.381 e. The van der Waals surface area contributed by atoms with Gasteiger partial charge in [0, 0.05) is 28.8 Å². The van der Waals surface area contributed by atoms with Gasteiger partial charge in [0.2, 0.25) is 5.91 Å². The van der Waals surface area contributed by atoms with Gasteiger partial charge in [0.1, 0.15) is 0 Å². The Bertz CT molecular complexity index is 629. The number of benzene rings is 2. The van der Waals surface area contributed by atoms with E-state index in [9.17, 15) is 4.79 Å². The number of carbonyl (C=O) groups is 1. The SMILES string of the molecule is CNC(=O)Cc1ccc(NCc2cc(Br)ccc2Cl)cc1. The van der Waals surface area contributed by atoms with Crippen LogP contribution in [0.25, 0.3) is 0 Å². The number of amides is 1. The highest BCUT2D eigenvalue weighted by atomic mass is 79.9. The number of hydrogen-bond acceptors (Lipinski definition) is 2. The van der Waals surface area contributed by atoms with E-state index in [1.54, 1.807) is 7.05 Å². The maximum atomic E-state index is 11.3. The Morgan fingerprint density at radius 2 is 1.90 bits per heavy atom. The molecule has 0 radical (unpaired) electrons. The molecule has 0 saturated heterocycles. The Morgan fingerprint density at radius 1 is 1.19 bits per heavy atom. The first-order valence-corrected chi connectivity index (χ1v) is 7.73. The zero-order valence-electron chi connectivity index (χ0n) is 11.6. The van der Waals surface area contributed by atoms with Crippen LogP contribution in [0.1, 0.15) is 11.1 Å². The molecule has 5 heteroatoms. The summed E-state index contributed by atoms with van der Waals surface area (Å²) in [5, 5.41) is 6.67. The van der Waals surface area contributed by atoms with Crippen molar-refractivity contribution in [1.82, 2.24) is 5.32 Å². The van der Waals surface area contributed by atoms with Crippen molar-refractivity contribution in [1.29, 1.82) is 0 Å². The van der Waals surface area contributed by atoms with Gasteiger partial charge in [-0.1, -0.05) is 39.7 Å². The Morgan fingerprint density at radius 3 is 2.57 bits per heavy atom. The van der Waals surface area contributed by atoms with Crippen molar-refractivity contribution in [3.63, 3.8) is 0 Å². The van der Waals surface area contributed by atoms with E-state index in [1.807, 2.05) is 42.5 Å². The molecule has 2 aromatic carbocycles. The fourth-order valence-electron chi connectivity index (χ4n) is 1.89. The molecule has 0 unspecified atom stereocenters. The Hall–Kier alpha value is -1.52. The number of anilines is 1. The van der Waals surface area contributed by atoms with Gasteiger partial charge in [0.15, 0.2) is 0 Å². The van der Waals surface area contributed by atoms with Crippen LogP contribution in [0.4, 0.5) is 5.69 Å². The van der Waals surface area contributed by atoms with Crippen LogP contribution < -0.4 is 10.6 Å². The average Bonchev–Trinajstić information content (AvgIpc) is 2.49. The summed E-state index contributed by atoms with van der Waals surface area (Å²) in [4.78, 5) is 11.3. The standard InChI is InChI=1S/C16H16BrClN2O/c1-19-16(21)8-11-2-5-14(6-3-11)20-10-12-9-13(17)4-7-15(12)18/h2-7,9,20H,8,10H2,1H3,(H,19,21). The molecular weight excluding hydrogens is 352 g/mol. The molecular formula is C16H16BrClN2O. The van der Waals surface area contributed by atoms with E-state index in [0.717, 1.165) is 26.3 Å². The van der Waals surface area contributed by atoms with Gasteiger partial charge in [-0.25, -0.2) is 0 Å². The molecule has 0 aromatic heterocycles. The van der Waals surface area contributed by atoms with E-state index >= 15 is 0 Å². The van der Waals surface area contributed by atoms with Gasteiger partial charge in [-0.05, 0) is 41.5 Å². The average molecular weight is 368 g/mol. The zero-order valence-corrected chi connectivity index (χ0v) is 14.0. The molecule has 0 aliphatic carbocycles. The van der Waals surface area contributed by atoms with Gasteiger partial charge in [-0.3, -0.25) is 4.79 Å². The summed E-state index contributed by atoms with van der Waals surface area (Å²) in [7, 11) is 1.64. The summed E-state index contributed by atoms with van der Waals surface area (Å²) in [6.45, 7) is 0.646. The molecule has 0 fully saturated rings. The second-order valence-electron chi connectivity index (χ2n) is 4.64. The number of halogens is 2. The maximum absolute atomic E-state index is 11.3. The van der Waals surface area contributed by atoms with Gasteiger partial charge in [-0.15, -0.1) is 0 Å². The fourth-order valence-corrected chi connectivity index (χ4v) is 2.48. The number of rotatable bonds is 5. The summed E-state index contributed by atoms with van der Waals surface area (Å²) >= 11 is 9.59. The van der Waals surface area contributed by atoms with E-state index < -0.39 is 0 Å². The van der Waals surface area contributed by atoms with Crippen LogP contribution in [0.3, 0.4) is 0 Å². The molecule has 0 heterocycles. The van der Waals surface area contributed by atoms with Crippen LogP contribution in [-0.4, -0.2) is 13.0 Å².